The Bertz CT molecular complexity index is 826. The first-order valence-corrected chi connectivity index (χ1v) is 9.45. The van der Waals surface area contributed by atoms with Gasteiger partial charge < -0.3 is 29.4 Å². The van der Waals surface area contributed by atoms with Gasteiger partial charge in [0, 0.05) is 19.0 Å². The molecule has 3 N–H and O–H groups in total. The first-order chi connectivity index (χ1) is 13.9. The average molecular weight is 405 g/mol. The Hall–Kier alpha value is -2.62. The number of hydrogen-bond acceptors (Lipinski definition) is 8. The highest BCUT2D eigenvalue weighted by Crippen LogP contribution is 2.30. The van der Waals surface area contributed by atoms with Crippen LogP contribution in [0.25, 0.3) is 0 Å². The van der Waals surface area contributed by atoms with E-state index in [4.69, 9.17) is 13.9 Å². The minimum absolute atomic E-state index is 0.0653. The molecule has 1 fully saturated rings. The molecule has 1 aliphatic carbocycles. The highest BCUT2D eigenvalue weighted by atomic mass is 16.5. The van der Waals surface area contributed by atoms with Crippen molar-refractivity contribution in [1.29, 1.82) is 0 Å². The molecule has 4 atom stereocenters. The maximum atomic E-state index is 12.6. The molecule has 0 radical (unpaired) electrons. The summed E-state index contributed by atoms with van der Waals surface area (Å²) >= 11 is 0. The standard InChI is InChI=1S/C20H27N3O6/c1-12-17(21-11-28-12)20(26)22-15-10-16(19(25)18(15)23(2)7-8-24)29-14-6-4-5-13(9-14)27-3/h4-6,9,11,15-16,18-19,24-25H,7-8,10H2,1-3H3,(H,22,26)/t15-,16-,18+,19+/m1/s1. The molecule has 1 aliphatic rings. The van der Waals surface area contributed by atoms with Crippen molar-refractivity contribution in [3.8, 4) is 11.5 Å². The van der Waals surface area contributed by atoms with Crippen molar-refractivity contribution in [2.75, 3.05) is 27.3 Å². The maximum absolute atomic E-state index is 12.6. The normalized spacial score (nSPS) is 23.9. The molecule has 0 spiro atoms. The second-order valence-electron chi connectivity index (χ2n) is 7.09. The van der Waals surface area contributed by atoms with Crippen molar-refractivity contribution < 1.29 is 28.9 Å². The minimum Gasteiger partial charge on any atom is -0.497 e. The minimum atomic E-state index is -0.874. The number of oxazole rings is 1. The van der Waals surface area contributed by atoms with E-state index in [0.717, 1.165) is 0 Å². The molecule has 0 aliphatic heterocycles. The van der Waals surface area contributed by atoms with Gasteiger partial charge in [0.05, 0.1) is 25.8 Å². The Morgan fingerprint density at radius 2 is 2.17 bits per heavy atom. The SMILES string of the molecule is COc1cccc(O[C@@H]2C[C@@H](NC(=O)c3ncoc3C)[C@H](N(C)CCO)[C@H]2O)c1. The lowest BCUT2D eigenvalue weighted by molar-refractivity contribution is 0.0109. The van der Waals surface area contributed by atoms with Gasteiger partial charge in [0.15, 0.2) is 12.1 Å². The van der Waals surface area contributed by atoms with Crippen molar-refractivity contribution in [3.63, 3.8) is 0 Å². The van der Waals surface area contributed by atoms with Gasteiger partial charge in [0.2, 0.25) is 0 Å². The third-order valence-electron chi connectivity index (χ3n) is 5.20. The van der Waals surface area contributed by atoms with Gasteiger partial charge >= 0.3 is 0 Å². The lowest BCUT2D eigenvalue weighted by Gasteiger charge is -2.31. The van der Waals surface area contributed by atoms with Gasteiger partial charge in [0.25, 0.3) is 5.91 Å². The molecule has 2 aromatic rings. The molecule has 29 heavy (non-hydrogen) atoms. The van der Waals surface area contributed by atoms with Crippen LogP contribution in [-0.2, 0) is 0 Å². The number of carbonyl (C=O) groups is 1. The van der Waals surface area contributed by atoms with Crippen molar-refractivity contribution in [2.45, 2.75) is 37.6 Å². The summed E-state index contributed by atoms with van der Waals surface area (Å²) in [6.07, 6.45) is 0.192. The maximum Gasteiger partial charge on any atom is 0.273 e. The van der Waals surface area contributed by atoms with Crippen LogP contribution >= 0.6 is 0 Å². The summed E-state index contributed by atoms with van der Waals surface area (Å²) in [6.45, 7) is 1.95. The number of nitrogens with zero attached hydrogens (tertiary/aromatic N) is 2. The molecule has 158 valence electrons. The van der Waals surface area contributed by atoms with E-state index in [9.17, 15) is 15.0 Å². The summed E-state index contributed by atoms with van der Waals surface area (Å²) in [5.74, 6) is 1.26. The molecule has 1 aromatic carbocycles. The van der Waals surface area contributed by atoms with Crippen LogP contribution in [0, 0.1) is 6.92 Å². The van der Waals surface area contributed by atoms with Crippen LogP contribution in [0.15, 0.2) is 35.1 Å². The van der Waals surface area contributed by atoms with E-state index in [2.05, 4.69) is 10.3 Å². The third-order valence-corrected chi connectivity index (χ3v) is 5.20. The molecule has 0 bridgehead atoms. The lowest BCUT2D eigenvalue weighted by atomic mass is 10.1. The van der Waals surface area contributed by atoms with Crippen molar-refractivity contribution in [2.24, 2.45) is 0 Å². The Morgan fingerprint density at radius 1 is 1.41 bits per heavy atom. The molecule has 1 heterocycles. The zero-order valence-corrected chi connectivity index (χ0v) is 16.7. The van der Waals surface area contributed by atoms with Crippen LogP contribution in [0.3, 0.4) is 0 Å². The summed E-state index contributed by atoms with van der Waals surface area (Å²) in [4.78, 5) is 18.4. The van der Waals surface area contributed by atoms with Gasteiger partial charge in [0.1, 0.15) is 29.5 Å². The number of carbonyl (C=O) groups excluding carboxylic acids is 1. The summed E-state index contributed by atoms with van der Waals surface area (Å²) in [6, 6.07) is 6.29. The number of aryl methyl sites for hydroxylation is 1. The number of rotatable bonds is 8. The topological polar surface area (TPSA) is 117 Å². The molecular weight excluding hydrogens is 378 g/mol. The van der Waals surface area contributed by atoms with E-state index in [1.165, 1.54) is 6.39 Å². The number of aromatic nitrogens is 1. The van der Waals surface area contributed by atoms with Crippen molar-refractivity contribution in [3.05, 3.63) is 42.1 Å². The number of likely N-dealkylation sites (N-methyl/N-ethyl adjacent to an activating group) is 1. The smallest absolute Gasteiger partial charge is 0.273 e. The monoisotopic (exact) mass is 405 g/mol. The number of amides is 1. The highest BCUT2D eigenvalue weighted by molar-refractivity contribution is 5.93. The molecular formula is C20H27N3O6. The van der Waals surface area contributed by atoms with Crippen LogP contribution in [-0.4, -0.2) is 77.6 Å². The van der Waals surface area contributed by atoms with Crippen LogP contribution in [0.5, 0.6) is 11.5 Å². The second-order valence-corrected chi connectivity index (χ2v) is 7.09. The second kappa shape index (κ2) is 9.25. The number of ether oxygens (including phenoxy) is 2. The van der Waals surface area contributed by atoms with Gasteiger partial charge in [-0.2, -0.15) is 0 Å². The fourth-order valence-corrected chi connectivity index (χ4v) is 3.73. The number of methoxy groups -OCH3 is 1. The number of benzene rings is 1. The van der Waals surface area contributed by atoms with Crippen molar-refractivity contribution >= 4 is 5.91 Å². The van der Waals surface area contributed by atoms with Gasteiger partial charge in [-0.05, 0) is 26.1 Å². The predicted octanol–water partition coefficient (Wildman–Crippen LogP) is 0.595. The van der Waals surface area contributed by atoms with Gasteiger partial charge in [-0.15, -0.1) is 0 Å². The molecule has 1 aromatic heterocycles. The van der Waals surface area contributed by atoms with Crippen LogP contribution in [0.2, 0.25) is 0 Å². The Kier molecular flexibility index (Phi) is 6.73. The zero-order chi connectivity index (χ0) is 21.0. The summed E-state index contributed by atoms with van der Waals surface area (Å²) in [5.41, 5.74) is 0.209. The van der Waals surface area contributed by atoms with E-state index < -0.39 is 24.3 Å². The summed E-state index contributed by atoms with van der Waals surface area (Å²) in [5, 5.41) is 23.2. The summed E-state index contributed by atoms with van der Waals surface area (Å²) < 4.78 is 16.3. The van der Waals surface area contributed by atoms with E-state index in [-0.39, 0.29) is 18.2 Å². The average Bonchev–Trinajstić information content (AvgIpc) is 3.25. The van der Waals surface area contributed by atoms with E-state index in [0.29, 0.717) is 30.2 Å². The molecule has 3 rings (SSSR count). The molecule has 1 saturated carbocycles. The Labute approximate surface area is 169 Å². The van der Waals surface area contributed by atoms with Crippen molar-refractivity contribution in [1.82, 2.24) is 15.2 Å². The largest absolute Gasteiger partial charge is 0.497 e. The fourth-order valence-electron chi connectivity index (χ4n) is 3.73. The number of aliphatic hydroxyl groups excluding tert-OH is 2. The molecule has 0 saturated heterocycles. The zero-order valence-electron chi connectivity index (χ0n) is 16.7. The van der Waals surface area contributed by atoms with Crippen LogP contribution in [0.4, 0.5) is 0 Å². The Morgan fingerprint density at radius 3 is 2.83 bits per heavy atom. The molecule has 0 unspecified atom stereocenters. The van der Waals surface area contributed by atoms with E-state index >= 15 is 0 Å². The number of aliphatic hydroxyl groups is 2. The van der Waals surface area contributed by atoms with Gasteiger partial charge in [-0.1, -0.05) is 6.07 Å². The first-order valence-electron chi connectivity index (χ1n) is 9.45. The van der Waals surface area contributed by atoms with E-state index in [1.807, 2.05) is 4.90 Å². The molecule has 9 nitrogen and oxygen atoms in total. The lowest BCUT2D eigenvalue weighted by Crippen LogP contribution is -2.52. The molecule has 9 heteroatoms. The molecule has 1 amide bonds. The fraction of sp³-hybridized carbons (Fsp3) is 0.500. The predicted molar refractivity (Wildman–Crippen MR) is 104 cm³/mol. The van der Waals surface area contributed by atoms with Crippen LogP contribution < -0.4 is 14.8 Å². The third kappa shape index (κ3) is 4.69. The summed E-state index contributed by atoms with van der Waals surface area (Å²) in [7, 11) is 3.36. The van der Waals surface area contributed by atoms with Crippen LogP contribution in [0.1, 0.15) is 22.7 Å². The quantitative estimate of drug-likeness (QED) is 0.584. The number of hydrogen-bond donors (Lipinski definition) is 3. The highest BCUT2D eigenvalue weighted by Gasteiger charge is 2.46. The number of nitrogens with one attached hydrogen (secondary N) is 1. The first kappa shape index (κ1) is 21.1. The van der Waals surface area contributed by atoms with E-state index in [1.54, 1.807) is 45.3 Å². The Balaban J connectivity index is 1.77. The van der Waals surface area contributed by atoms with Gasteiger partial charge in [-0.3, -0.25) is 9.69 Å². The van der Waals surface area contributed by atoms with Gasteiger partial charge in [-0.25, -0.2) is 4.98 Å².